The van der Waals surface area contributed by atoms with Gasteiger partial charge < -0.3 is 9.47 Å². The first-order valence-corrected chi connectivity index (χ1v) is 11.4. The third-order valence-corrected chi connectivity index (χ3v) is 8.30. The maximum absolute atomic E-state index is 13.4. The molecule has 0 N–H and O–H groups in total. The van der Waals surface area contributed by atoms with Crippen LogP contribution in [0.1, 0.15) is 33.0 Å². The molecule has 26 heavy (non-hydrogen) atoms. The lowest BCUT2D eigenvalue weighted by Gasteiger charge is -2.25. The molecule has 1 aliphatic rings. The highest BCUT2D eigenvalue weighted by atomic mass is 32.2. The van der Waals surface area contributed by atoms with E-state index in [0.29, 0.717) is 12.2 Å². The molecule has 1 saturated heterocycles. The molecule has 3 heterocycles. The van der Waals surface area contributed by atoms with Crippen molar-refractivity contribution in [3.8, 4) is 0 Å². The van der Waals surface area contributed by atoms with Gasteiger partial charge in [-0.15, -0.1) is 22.7 Å². The molecule has 0 saturated carbocycles. The second kappa shape index (κ2) is 8.18. The molecule has 1 aliphatic heterocycles. The van der Waals surface area contributed by atoms with E-state index in [4.69, 9.17) is 9.47 Å². The first kappa shape index (κ1) is 19.5. The third-order valence-electron chi connectivity index (χ3n) is 4.23. The summed E-state index contributed by atoms with van der Waals surface area (Å²) < 4.78 is 38.7. The molecule has 0 aromatic carbocycles. The lowest BCUT2D eigenvalue weighted by atomic mass is 10.2. The molecule has 0 bridgehead atoms. The van der Waals surface area contributed by atoms with Crippen LogP contribution in [0.15, 0.2) is 27.8 Å². The van der Waals surface area contributed by atoms with Crippen LogP contribution in [0.25, 0.3) is 0 Å². The Morgan fingerprint density at radius 2 is 2.23 bits per heavy atom. The van der Waals surface area contributed by atoms with Crippen LogP contribution in [0.4, 0.5) is 0 Å². The van der Waals surface area contributed by atoms with Crippen LogP contribution in [0, 0.1) is 6.92 Å². The minimum atomic E-state index is -3.87. The summed E-state index contributed by atoms with van der Waals surface area (Å²) in [6, 6.07) is 3.80. The van der Waals surface area contributed by atoms with Gasteiger partial charge in [0.1, 0.15) is 9.77 Å². The van der Waals surface area contributed by atoms with Gasteiger partial charge in [0.25, 0.3) is 0 Å². The summed E-state index contributed by atoms with van der Waals surface area (Å²) in [4.78, 5) is 13.2. The van der Waals surface area contributed by atoms with Gasteiger partial charge in [0.15, 0.2) is 0 Å². The first-order chi connectivity index (χ1) is 12.4. The molecule has 2 aromatic heterocycles. The van der Waals surface area contributed by atoms with Gasteiger partial charge in [0.05, 0.1) is 13.2 Å². The second-order valence-electron chi connectivity index (χ2n) is 6.08. The van der Waals surface area contributed by atoms with E-state index < -0.39 is 16.0 Å². The first-order valence-electron chi connectivity index (χ1n) is 8.24. The highest BCUT2D eigenvalue weighted by molar-refractivity contribution is 7.89. The van der Waals surface area contributed by atoms with E-state index in [-0.39, 0.29) is 29.0 Å². The number of esters is 1. The van der Waals surface area contributed by atoms with Crippen molar-refractivity contribution in [1.29, 1.82) is 0 Å². The summed E-state index contributed by atoms with van der Waals surface area (Å²) >= 11 is 2.60. The number of aryl methyl sites for hydroxylation is 1. The number of hydrogen-bond acceptors (Lipinski definition) is 7. The Morgan fingerprint density at radius 3 is 2.85 bits per heavy atom. The van der Waals surface area contributed by atoms with E-state index >= 15 is 0 Å². The van der Waals surface area contributed by atoms with Crippen LogP contribution in [-0.4, -0.2) is 45.1 Å². The normalized spacial score (nSPS) is 17.7. The summed E-state index contributed by atoms with van der Waals surface area (Å²) in [5, 5.41) is 3.59. The molecule has 0 spiro atoms. The van der Waals surface area contributed by atoms with Gasteiger partial charge in [-0.2, -0.15) is 4.31 Å². The number of carbonyl (C=O) groups is 1. The predicted molar refractivity (Wildman–Crippen MR) is 101 cm³/mol. The maximum atomic E-state index is 13.4. The highest BCUT2D eigenvalue weighted by Gasteiger charge is 2.35. The average Bonchev–Trinajstić information content (AvgIpc) is 3.35. The molecule has 0 unspecified atom stereocenters. The summed E-state index contributed by atoms with van der Waals surface area (Å²) in [5.74, 6) is -0.630. The molecule has 0 radical (unpaired) electrons. The SMILES string of the molecule is COC(=O)c1scc(C)c1S(=O)(=O)N(Cc1cccs1)C[C@@H]1CCCO1. The van der Waals surface area contributed by atoms with Gasteiger partial charge in [0, 0.05) is 24.6 Å². The van der Waals surface area contributed by atoms with E-state index in [1.54, 1.807) is 12.3 Å². The molecule has 142 valence electrons. The second-order valence-corrected chi connectivity index (χ2v) is 9.87. The number of methoxy groups -OCH3 is 1. The van der Waals surface area contributed by atoms with Crippen molar-refractivity contribution in [2.24, 2.45) is 0 Å². The summed E-state index contributed by atoms with van der Waals surface area (Å²) in [5.41, 5.74) is 0.555. The van der Waals surface area contributed by atoms with E-state index in [1.807, 2.05) is 17.5 Å². The van der Waals surface area contributed by atoms with Crippen molar-refractivity contribution in [2.45, 2.75) is 37.3 Å². The molecule has 3 rings (SSSR count). The topological polar surface area (TPSA) is 72.9 Å². The smallest absolute Gasteiger partial charge is 0.349 e. The number of carbonyl (C=O) groups excluding carboxylic acids is 1. The van der Waals surface area contributed by atoms with Crippen LogP contribution in [0.2, 0.25) is 0 Å². The van der Waals surface area contributed by atoms with E-state index in [9.17, 15) is 13.2 Å². The van der Waals surface area contributed by atoms with Crippen LogP contribution >= 0.6 is 22.7 Å². The number of ether oxygens (including phenoxy) is 2. The summed E-state index contributed by atoms with van der Waals surface area (Å²) in [7, 11) is -2.61. The number of sulfonamides is 1. The molecular weight excluding hydrogens is 394 g/mol. The van der Waals surface area contributed by atoms with E-state index in [1.165, 1.54) is 22.8 Å². The number of nitrogens with zero attached hydrogens (tertiary/aromatic N) is 1. The molecule has 1 atom stereocenters. The minimum Gasteiger partial charge on any atom is -0.465 e. The van der Waals surface area contributed by atoms with E-state index in [2.05, 4.69) is 0 Å². The number of rotatable bonds is 7. The molecule has 0 aliphatic carbocycles. The Balaban J connectivity index is 1.98. The highest BCUT2D eigenvalue weighted by Crippen LogP contribution is 2.32. The van der Waals surface area contributed by atoms with Crippen molar-refractivity contribution in [3.05, 3.63) is 38.2 Å². The third kappa shape index (κ3) is 4.01. The van der Waals surface area contributed by atoms with Gasteiger partial charge >= 0.3 is 5.97 Å². The number of thiophene rings is 2. The fourth-order valence-corrected chi connectivity index (χ4v) is 6.87. The molecule has 6 nitrogen and oxygen atoms in total. The van der Waals surface area contributed by atoms with Crippen molar-refractivity contribution in [2.75, 3.05) is 20.3 Å². The largest absolute Gasteiger partial charge is 0.465 e. The van der Waals surface area contributed by atoms with E-state index in [0.717, 1.165) is 29.1 Å². The Hall–Kier alpha value is -1.26. The Labute approximate surface area is 161 Å². The lowest BCUT2D eigenvalue weighted by Crippen LogP contribution is -2.37. The molecule has 1 fully saturated rings. The van der Waals surface area contributed by atoms with Crippen molar-refractivity contribution >= 4 is 38.7 Å². The Kier molecular flexibility index (Phi) is 6.13. The molecular formula is C17H21NO5S3. The van der Waals surface area contributed by atoms with Gasteiger partial charge in [-0.05, 0) is 42.2 Å². The van der Waals surface area contributed by atoms with Crippen LogP contribution in [-0.2, 0) is 26.0 Å². The molecule has 2 aromatic rings. The number of hydrogen-bond donors (Lipinski definition) is 0. The summed E-state index contributed by atoms with van der Waals surface area (Å²) in [6.45, 7) is 2.89. The van der Waals surface area contributed by atoms with Gasteiger partial charge in [-0.25, -0.2) is 13.2 Å². The van der Waals surface area contributed by atoms with Gasteiger partial charge in [0.2, 0.25) is 10.0 Å². The fraction of sp³-hybridized carbons (Fsp3) is 0.471. The Morgan fingerprint density at radius 1 is 1.42 bits per heavy atom. The quantitative estimate of drug-likeness (QED) is 0.649. The summed E-state index contributed by atoms with van der Waals surface area (Å²) in [6.07, 6.45) is 1.65. The van der Waals surface area contributed by atoms with Crippen molar-refractivity contribution < 1.29 is 22.7 Å². The van der Waals surface area contributed by atoms with Crippen LogP contribution < -0.4 is 0 Å². The predicted octanol–water partition coefficient (Wildman–Crippen LogP) is 3.27. The Bertz CT molecular complexity index is 851. The lowest BCUT2D eigenvalue weighted by molar-refractivity contribution is 0.0602. The zero-order chi connectivity index (χ0) is 18.7. The van der Waals surface area contributed by atoms with Gasteiger partial charge in [-0.3, -0.25) is 0 Å². The molecule has 0 amide bonds. The zero-order valence-electron chi connectivity index (χ0n) is 14.6. The van der Waals surface area contributed by atoms with Crippen LogP contribution in [0.3, 0.4) is 0 Å². The average molecular weight is 416 g/mol. The van der Waals surface area contributed by atoms with Crippen LogP contribution in [0.5, 0.6) is 0 Å². The maximum Gasteiger partial charge on any atom is 0.349 e. The fourth-order valence-electron chi connectivity index (χ4n) is 2.96. The monoisotopic (exact) mass is 415 g/mol. The van der Waals surface area contributed by atoms with Crippen molar-refractivity contribution in [3.63, 3.8) is 0 Å². The minimum absolute atomic E-state index is 0.0453. The van der Waals surface area contributed by atoms with Gasteiger partial charge in [-0.1, -0.05) is 6.07 Å². The zero-order valence-corrected chi connectivity index (χ0v) is 17.1. The van der Waals surface area contributed by atoms with Crippen molar-refractivity contribution in [1.82, 2.24) is 4.31 Å². The molecule has 9 heteroatoms. The standard InChI is InChI=1S/C17H21NO5S3/c1-12-11-25-15(17(19)22-2)16(12)26(20,21)18(9-13-5-3-7-23-13)10-14-6-4-8-24-14/h4,6,8,11,13H,3,5,7,9-10H2,1-2H3/t13-/m0/s1.